The van der Waals surface area contributed by atoms with Crippen LogP contribution in [-0.4, -0.2) is 182 Å². The Morgan fingerprint density at radius 2 is 1.02 bits per heavy atom. The van der Waals surface area contributed by atoms with Crippen LogP contribution in [-0.2, 0) is 59.2 Å². The Bertz CT molecular complexity index is 2340. The fourth-order valence-electron chi connectivity index (χ4n) is 9.51. The summed E-state index contributed by atoms with van der Waals surface area (Å²) in [5.74, 6) is -8.79. The lowest BCUT2D eigenvalue weighted by molar-refractivity contribution is -0.137. The number of aliphatic hydroxyl groups is 1. The van der Waals surface area contributed by atoms with Crippen LogP contribution in [0.4, 0.5) is 0 Å². The van der Waals surface area contributed by atoms with E-state index in [0.717, 1.165) is 19.3 Å². The molecule has 29 heteroatoms. The van der Waals surface area contributed by atoms with E-state index in [2.05, 4.69) is 72.3 Å². The Morgan fingerprint density at radius 3 is 1.53 bits per heavy atom. The highest BCUT2D eigenvalue weighted by Gasteiger charge is 2.37. The summed E-state index contributed by atoms with van der Waals surface area (Å²) in [6.45, 7) is 8.35. The number of hydrogen-bond acceptors (Lipinski definition) is 18. The third-order valence-corrected chi connectivity index (χ3v) is 14.8. The molecule has 1 aromatic rings. The van der Waals surface area contributed by atoms with Gasteiger partial charge in [-0.2, -0.15) is 0 Å². The molecule has 1 fully saturated rings. The predicted octanol–water partition coefficient (Wildman–Crippen LogP) is -4.50. The van der Waals surface area contributed by atoms with Gasteiger partial charge in [0.1, 0.15) is 60.4 Å². The number of carbonyl (C=O) groups is 11. The van der Waals surface area contributed by atoms with Gasteiger partial charge in [-0.15, -0.1) is 0 Å². The van der Waals surface area contributed by atoms with E-state index < -0.39 is 138 Å². The fraction of sp³-hybridized carbons (Fsp3) is 0.707. The van der Waals surface area contributed by atoms with Crippen LogP contribution in [0.25, 0.3) is 0 Å². The number of aliphatic hydroxyl groups excluding tert-OH is 1. The zero-order chi connectivity index (χ0) is 65.0. The molecule has 1 saturated heterocycles. The summed E-state index contributed by atoms with van der Waals surface area (Å²) >= 11 is 0. The number of amides is 11. The van der Waals surface area contributed by atoms with E-state index in [0.29, 0.717) is 30.7 Å². The van der Waals surface area contributed by atoms with E-state index in [9.17, 15) is 57.8 Å². The molecular formula is C58H103N17O12. The standard InChI is InChI=1S/C58H103N17O12/c1-6-35(4)14-10-11-18-47(77)66-39(19-26-60)55(84)75-48(36(5)76)58(87)72-43(23-30-64)52(81)71-44-24-31-65-49(78)38(17-12-13-25-59)67-50(79)40(20-27-61)68-51(80)41(21-28-62)70-56(85)45(32-34(2)3)73-57(86)46(33-37-15-8-7-9-16-37)74-53(82)42(22-29-63)69-54(44)83/h7-9,15-16,34-36,38-46,48,76H,6,10-14,17-33,59-64H2,1-5H3,(H,65,78)(H,66,77)(H,67,79)(H,68,80)(H,69,83)(H,70,85)(H,71,81)(H,72,87)(H,73,86)(H,74,82)(H,75,84)/t35-,36+,38-,39-,40-,41-,42-,43-,44-,45-,46+,48-/m0/s1. The van der Waals surface area contributed by atoms with Gasteiger partial charge >= 0.3 is 0 Å². The van der Waals surface area contributed by atoms with E-state index in [1.54, 1.807) is 44.2 Å². The molecule has 87 heavy (non-hydrogen) atoms. The summed E-state index contributed by atoms with van der Waals surface area (Å²) in [6.07, 6.45) is 1.70. The lowest BCUT2D eigenvalue weighted by Gasteiger charge is -2.29. The smallest absolute Gasteiger partial charge is 0.245 e. The van der Waals surface area contributed by atoms with Crippen LogP contribution in [0, 0.1) is 11.8 Å². The number of benzene rings is 1. The molecule has 0 aromatic heterocycles. The number of rotatable bonds is 32. The quantitative estimate of drug-likeness (QED) is 0.0302. The van der Waals surface area contributed by atoms with Gasteiger partial charge in [0.15, 0.2) is 0 Å². The van der Waals surface area contributed by atoms with E-state index in [-0.39, 0.29) is 110 Å². The average Bonchev–Trinajstić information content (AvgIpc) is 3.70. The minimum absolute atomic E-state index is 0.00810. The summed E-state index contributed by atoms with van der Waals surface area (Å²) in [4.78, 5) is 155. The molecule has 29 nitrogen and oxygen atoms in total. The highest BCUT2D eigenvalue weighted by Crippen LogP contribution is 2.14. The maximum absolute atomic E-state index is 14.6. The van der Waals surface area contributed by atoms with Crippen LogP contribution in [0.5, 0.6) is 0 Å². The number of hydrogen-bond donors (Lipinski definition) is 18. The zero-order valence-corrected chi connectivity index (χ0v) is 51.6. The van der Waals surface area contributed by atoms with Crippen molar-refractivity contribution in [3.05, 3.63) is 35.9 Å². The Labute approximate surface area is 511 Å². The molecule has 0 saturated carbocycles. The van der Waals surface area contributed by atoms with Crippen molar-refractivity contribution in [1.29, 1.82) is 0 Å². The lowest BCUT2D eigenvalue weighted by Crippen LogP contribution is -2.62. The molecule has 1 heterocycles. The van der Waals surface area contributed by atoms with Gasteiger partial charge in [-0.1, -0.05) is 77.3 Å². The molecule has 1 aliphatic heterocycles. The molecule has 0 radical (unpaired) electrons. The van der Waals surface area contributed by atoms with Crippen LogP contribution in [0.15, 0.2) is 30.3 Å². The molecule has 11 amide bonds. The predicted molar refractivity (Wildman–Crippen MR) is 327 cm³/mol. The second-order valence-corrected chi connectivity index (χ2v) is 22.7. The largest absolute Gasteiger partial charge is 0.391 e. The van der Waals surface area contributed by atoms with Gasteiger partial charge in [-0.05, 0) is 134 Å². The highest BCUT2D eigenvalue weighted by atomic mass is 16.3. The molecule has 0 bridgehead atoms. The van der Waals surface area contributed by atoms with Crippen LogP contribution in [0.1, 0.15) is 136 Å². The Morgan fingerprint density at radius 1 is 0.529 bits per heavy atom. The van der Waals surface area contributed by atoms with Crippen molar-refractivity contribution >= 4 is 65.0 Å². The Kier molecular flexibility index (Phi) is 36.9. The van der Waals surface area contributed by atoms with Crippen molar-refractivity contribution in [3.63, 3.8) is 0 Å². The summed E-state index contributed by atoms with van der Waals surface area (Å²) in [5.41, 5.74) is 35.9. The SMILES string of the molecule is CC[C@H](C)CCCCC(=O)N[C@@H](CCN)C(=O)N[C@H](C(=O)N[C@@H](CCN)C(=O)N[C@H]1CCNC(=O)[C@H](CCCCN)NC(=O)[C@H](CCN)NC(=O)[C@H](CCN)NC(=O)[C@H](CC(C)C)NC(=O)[C@@H](Cc2ccccc2)NC(=O)[C@H](CCN)NC1=O)[C@@H](C)O. The van der Waals surface area contributed by atoms with Gasteiger partial charge in [-0.25, -0.2) is 0 Å². The molecule has 492 valence electrons. The van der Waals surface area contributed by atoms with E-state index in [1.165, 1.54) is 6.92 Å². The van der Waals surface area contributed by atoms with Gasteiger partial charge in [0.05, 0.1) is 6.10 Å². The monoisotopic (exact) mass is 1230 g/mol. The zero-order valence-electron chi connectivity index (χ0n) is 51.6. The summed E-state index contributed by atoms with van der Waals surface area (Å²) in [7, 11) is 0. The first-order chi connectivity index (χ1) is 41.5. The summed E-state index contributed by atoms with van der Waals surface area (Å²) in [5, 5.41) is 39.7. The van der Waals surface area contributed by atoms with Gasteiger partial charge in [-0.3, -0.25) is 52.7 Å². The van der Waals surface area contributed by atoms with Gasteiger partial charge in [0.25, 0.3) is 0 Å². The summed E-state index contributed by atoms with van der Waals surface area (Å²) in [6, 6.07) is -5.43. The third-order valence-electron chi connectivity index (χ3n) is 14.8. The molecule has 0 spiro atoms. The lowest BCUT2D eigenvalue weighted by atomic mass is 10.00. The molecule has 0 unspecified atom stereocenters. The number of nitrogens with one attached hydrogen (secondary N) is 11. The first-order valence-electron chi connectivity index (χ1n) is 30.7. The molecule has 0 aliphatic carbocycles. The van der Waals surface area contributed by atoms with Crippen molar-refractivity contribution in [1.82, 2.24) is 58.5 Å². The van der Waals surface area contributed by atoms with E-state index >= 15 is 0 Å². The Hall–Kier alpha value is -6.89. The number of nitrogens with two attached hydrogens (primary N) is 6. The van der Waals surface area contributed by atoms with Crippen LogP contribution in [0.2, 0.25) is 0 Å². The molecule has 1 aliphatic rings. The second kappa shape index (κ2) is 42.1. The van der Waals surface area contributed by atoms with Crippen LogP contribution in [0.3, 0.4) is 0 Å². The average molecular weight is 1230 g/mol. The van der Waals surface area contributed by atoms with Gasteiger partial charge < -0.3 is 98.0 Å². The first kappa shape index (κ1) is 76.2. The van der Waals surface area contributed by atoms with Gasteiger partial charge in [0, 0.05) is 19.4 Å². The maximum atomic E-state index is 14.6. The first-order valence-corrected chi connectivity index (χ1v) is 30.7. The van der Waals surface area contributed by atoms with Crippen LogP contribution < -0.4 is 92.9 Å². The fourth-order valence-corrected chi connectivity index (χ4v) is 9.51. The molecule has 12 atom stereocenters. The maximum Gasteiger partial charge on any atom is 0.245 e. The van der Waals surface area contributed by atoms with Crippen molar-refractivity contribution in [2.45, 2.75) is 204 Å². The van der Waals surface area contributed by atoms with Crippen molar-refractivity contribution in [2.24, 2.45) is 46.2 Å². The number of carbonyl (C=O) groups excluding carboxylic acids is 11. The van der Waals surface area contributed by atoms with E-state index in [1.807, 2.05) is 0 Å². The van der Waals surface area contributed by atoms with Crippen molar-refractivity contribution in [2.75, 3.05) is 45.8 Å². The van der Waals surface area contributed by atoms with E-state index in [4.69, 9.17) is 34.4 Å². The Balaban J connectivity index is 2.70. The van der Waals surface area contributed by atoms with Crippen molar-refractivity contribution < 1.29 is 57.8 Å². The highest BCUT2D eigenvalue weighted by molar-refractivity contribution is 5.99. The molecule has 2 rings (SSSR count). The summed E-state index contributed by atoms with van der Waals surface area (Å²) < 4.78 is 0. The second-order valence-electron chi connectivity index (χ2n) is 22.7. The normalized spacial score (nSPS) is 22.3. The third kappa shape index (κ3) is 28.7. The van der Waals surface area contributed by atoms with Crippen molar-refractivity contribution in [3.8, 4) is 0 Å². The van der Waals surface area contributed by atoms with Crippen LogP contribution >= 0.6 is 0 Å². The van der Waals surface area contributed by atoms with Gasteiger partial charge in [0.2, 0.25) is 65.0 Å². The topological polar surface area (TPSA) is 496 Å². The molecule has 1 aromatic carbocycles. The molecular weight excluding hydrogens is 1130 g/mol. The molecule has 24 N–H and O–H groups in total. The number of unbranched alkanes of at least 4 members (excludes halogenated alkanes) is 2. The minimum Gasteiger partial charge on any atom is -0.391 e. The minimum atomic E-state index is -1.69.